The molecule has 6 heterocycles. The maximum absolute atomic E-state index is 6.54. The van der Waals surface area contributed by atoms with Gasteiger partial charge in [-0.05, 0) is 127 Å². The van der Waals surface area contributed by atoms with E-state index in [0.29, 0.717) is 0 Å². The summed E-state index contributed by atoms with van der Waals surface area (Å²) in [5.74, 6) is 0. The summed E-state index contributed by atoms with van der Waals surface area (Å²) in [5.41, 5.74) is 24.9. The molecule has 0 saturated carbocycles. The van der Waals surface area contributed by atoms with Gasteiger partial charge in [0.2, 0.25) is 0 Å². The van der Waals surface area contributed by atoms with Crippen molar-refractivity contribution in [1.29, 1.82) is 0 Å². The number of furan rings is 2. The highest BCUT2D eigenvalue weighted by atomic mass is 16.3. The maximum atomic E-state index is 6.54. The molecule has 0 aliphatic heterocycles. The number of hydrogen-bond donors (Lipinski definition) is 0. The van der Waals surface area contributed by atoms with Gasteiger partial charge in [-0.1, -0.05) is 206 Å². The Kier molecular flexibility index (Phi) is 8.76. The summed E-state index contributed by atoms with van der Waals surface area (Å²) in [6.45, 7) is 0. The predicted molar refractivity (Wildman–Crippen MR) is 343 cm³/mol. The van der Waals surface area contributed by atoms with Crippen molar-refractivity contribution in [3.8, 4) is 66.8 Å². The van der Waals surface area contributed by atoms with Gasteiger partial charge in [0.05, 0.1) is 33.1 Å². The zero-order chi connectivity index (χ0) is 53.3. The Morgan fingerprint density at radius 1 is 0.207 bits per heavy atom. The van der Waals surface area contributed by atoms with E-state index in [1.54, 1.807) is 0 Å². The maximum Gasteiger partial charge on any atom is 0.136 e. The Labute approximate surface area is 468 Å². The number of benzene rings is 13. The molecular weight excluding hydrogens is 997 g/mol. The van der Waals surface area contributed by atoms with Crippen LogP contribution in [-0.2, 0) is 0 Å². The molecule has 4 nitrogen and oxygen atoms in total. The van der Waals surface area contributed by atoms with Gasteiger partial charge in [0.15, 0.2) is 0 Å². The summed E-state index contributed by atoms with van der Waals surface area (Å²) in [6.07, 6.45) is 0. The van der Waals surface area contributed by atoms with Gasteiger partial charge in [0.25, 0.3) is 0 Å². The minimum Gasteiger partial charge on any atom is -0.456 e. The Morgan fingerprint density at radius 2 is 0.549 bits per heavy atom. The molecule has 0 atom stereocenters. The normalized spacial score (nSPS) is 12.4. The van der Waals surface area contributed by atoms with Gasteiger partial charge in [-0.15, -0.1) is 0 Å². The molecule has 0 N–H and O–H groups in total. The first-order valence-electron chi connectivity index (χ1n) is 28.2. The summed E-state index contributed by atoms with van der Waals surface area (Å²) >= 11 is 0. The first-order valence-corrected chi connectivity index (χ1v) is 28.2. The largest absolute Gasteiger partial charge is 0.456 e. The molecule has 0 bridgehead atoms. The molecule has 0 unspecified atom stereocenters. The fraction of sp³-hybridized carbons (Fsp3) is 0. The molecule has 13 aromatic carbocycles. The summed E-state index contributed by atoms with van der Waals surface area (Å²) in [7, 11) is 0. The molecule has 82 heavy (non-hydrogen) atoms. The number of para-hydroxylation sites is 4. The third-order valence-corrected chi connectivity index (χ3v) is 18.0. The topological polar surface area (TPSA) is 35.1 Å². The smallest absolute Gasteiger partial charge is 0.136 e. The summed E-state index contributed by atoms with van der Waals surface area (Å²) < 4.78 is 18.2. The van der Waals surface area contributed by atoms with Crippen LogP contribution in [0, 0.1) is 0 Å². The van der Waals surface area contributed by atoms with Crippen molar-refractivity contribution in [3.05, 3.63) is 267 Å². The van der Waals surface area contributed by atoms with Crippen LogP contribution >= 0.6 is 0 Å². The molecular formula is C78H44N2O2. The number of fused-ring (bicyclic) bond motifs is 20. The Bertz CT molecular complexity index is 5510. The van der Waals surface area contributed by atoms with Gasteiger partial charge >= 0.3 is 0 Å². The lowest BCUT2D eigenvalue weighted by atomic mass is 9.85. The highest BCUT2D eigenvalue weighted by Gasteiger charge is 2.30. The highest BCUT2D eigenvalue weighted by Crippen LogP contribution is 2.54. The van der Waals surface area contributed by atoms with Gasteiger partial charge in [-0.25, -0.2) is 0 Å². The van der Waals surface area contributed by atoms with E-state index >= 15 is 0 Å². The molecule has 0 spiro atoms. The first kappa shape index (κ1) is 44.0. The van der Waals surface area contributed by atoms with Crippen molar-refractivity contribution in [3.63, 3.8) is 0 Å². The Balaban J connectivity index is 0.934. The standard InChI is InChI=1S/C78H44N2O2/c1-3-19-45(20-4-1)49-27-15-29-51(53-31-17-37-67-71(53)57-25-9-13-35-65(57)81-67)69(49)47-39-41-63-59(43-47)75-73-55-23-7-12-34-62(55)80-64-42-40-48(44-60(64)76(78(73)80)74-56-24-8-11-33-61(56)79(63)77(74)75)70-50(46-21-5-2-6-22-46)28-16-30-52(70)54-32-18-38-68-72(54)58-26-10-14-36-66(58)82-68/h1-44H. The van der Waals surface area contributed by atoms with E-state index in [1.165, 1.54) is 121 Å². The first-order chi connectivity index (χ1) is 40.7. The molecule has 19 rings (SSSR count). The fourth-order valence-corrected chi connectivity index (χ4v) is 14.8. The zero-order valence-electron chi connectivity index (χ0n) is 44.1. The lowest BCUT2D eigenvalue weighted by molar-refractivity contribution is 0.668. The molecule has 0 aliphatic carbocycles. The number of rotatable bonds is 6. The van der Waals surface area contributed by atoms with Crippen molar-refractivity contribution >= 4 is 120 Å². The van der Waals surface area contributed by atoms with E-state index in [2.05, 4.69) is 276 Å². The predicted octanol–water partition coefficient (Wildman–Crippen LogP) is 21.8. The van der Waals surface area contributed by atoms with E-state index in [9.17, 15) is 0 Å². The zero-order valence-corrected chi connectivity index (χ0v) is 44.1. The van der Waals surface area contributed by atoms with Crippen LogP contribution in [0.3, 0.4) is 0 Å². The average Bonchev–Trinajstić information content (AvgIpc) is 1.92. The number of aromatic nitrogens is 2. The van der Waals surface area contributed by atoms with E-state index in [1.807, 2.05) is 0 Å². The van der Waals surface area contributed by atoms with Crippen LogP contribution in [0.15, 0.2) is 276 Å². The van der Waals surface area contributed by atoms with Crippen molar-refractivity contribution < 1.29 is 8.83 Å². The van der Waals surface area contributed by atoms with Crippen molar-refractivity contribution in [2.75, 3.05) is 0 Å². The third kappa shape index (κ3) is 5.79. The molecule has 0 aliphatic rings. The highest BCUT2D eigenvalue weighted by molar-refractivity contribution is 6.45. The quantitative estimate of drug-likeness (QED) is 0.166. The van der Waals surface area contributed by atoms with Gasteiger partial charge in [-0.2, -0.15) is 0 Å². The van der Waals surface area contributed by atoms with Gasteiger partial charge < -0.3 is 17.6 Å². The lowest BCUT2D eigenvalue weighted by Gasteiger charge is -2.17. The SMILES string of the molecule is c1ccc(-c2cccc(-c3cccc4oc5ccccc5c34)c2-c2ccc3c(c2)c2c4c5ccccc5n5c6ccc(-c7c(-c8ccccc8)cccc7-c7cccc8oc9ccccc9c78)cc6c(c6c7ccccc7n3c62)c45)cc1. The van der Waals surface area contributed by atoms with E-state index < -0.39 is 0 Å². The number of nitrogens with zero attached hydrogens (tertiary/aromatic N) is 2. The van der Waals surface area contributed by atoms with Gasteiger partial charge in [0, 0.05) is 64.6 Å². The minimum atomic E-state index is 0.885. The van der Waals surface area contributed by atoms with Crippen LogP contribution in [0.5, 0.6) is 0 Å². The number of hydrogen-bond acceptors (Lipinski definition) is 2. The molecule has 0 saturated heterocycles. The van der Waals surface area contributed by atoms with Gasteiger partial charge in [-0.3, -0.25) is 0 Å². The summed E-state index contributed by atoms with van der Waals surface area (Å²) in [5, 5.41) is 14.6. The molecule has 0 amide bonds. The van der Waals surface area contributed by atoms with E-state index in [4.69, 9.17) is 8.83 Å². The van der Waals surface area contributed by atoms with Gasteiger partial charge in [0.1, 0.15) is 22.3 Å². The molecule has 4 heteroatoms. The third-order valence-electron chi connectivity index (χ3n) is 18.0. The van der Waals surface area contributed by atoms with Crippen LogP contribution in [0.25, 0.3) is 187 Å². The summed E-state index contributed by atoms with van der Waals surface area (Å²) in [4.78, 5) is 0. The Hall–Kier alpha value is -10.9. The van der Waals surface area contributed by atoms with E-state index in [0.717, 1.165) is 66.1 Å². The molecule has 19 aromatic rings. The van der Waals surface area contributed by atoms with Crippen molar-refractivity contribution in [2.24, 2.45) is 0 Å². The lowest BCUT2D eigenvalue weighted by Crippen LogP contribution is -1.91. The van der Waals surface area contributed by atoms with Crippen LogP contribution in [0.4, 0.5) is 0 Å². The second-order valence-electron chi connectivity index (χ2n) is 22.1. The molecule has 0 fully saturated rings. The molecule has 0 radical (unpaired) electrons. The molecule has 6 aromatic heterocycles. The average molecular weight is 1040 g/mol. The second-order valence-corrected chi connectivity index (χ2v) is 22.1. The van der Waals surface area contributed by atoms with Crippen LogP contribution in [0.2, 0.25) is 0 Å². The molecule has 378 valence electrons. The fourth-order valence-electron chi connectivity index (χ4n) is 14.8. The summed E-state index contributed by atoms with van der Waals surface area (Å²) in [6, 6.07) is 97.9. The second kappa shape index (κ2) is 16.3. The van der Waals surface area contributed by atoms with Crippen molar-refractivity contribution in [2.45, 2.75) is 0 Å². The Morgan fingerprint density at radius 3 is 1.01 bits per heavy atom. The van der Waals surface area contributed by atoms with E-state index in [-0.39, 0.29) is 0 Å². The monoisotopic (exact) mass is 1040 g/mol. The van der Waals surface area contributed by atoms with Crippen LogP contribution < -0.4 is 0 Å². The van der Waals surface area contributed by atoms with Crippen molar-refractivity contribution in [1.82, 2.24) is 8.80 Å². The van der Waals surface area contributed by atoms with Crippen LogP contribution in [0.1, 0.15) is 0 Å². The minimum absolute atomic E-state index is 0.885. The van der Waals surface area contributed by atoms with Crippen LogP contribution in [-0.4, -0.2) is 8.80 Å².